The first-order chi connectivity index (χ1) is 9.24. The maximum atomic E-state index is 10.4. The smallest absolute Gasteiger partial charge is 0.234 e. The maximum Gasteiger partial charge on any atom is 0.559 e. The summed E-state index contributed by atoms with van der Waals surface area (Å²) in [5.74, 6) is 1.25. The van der Waals surface area contributed by atoms with Crippen LogP contribution in [0.15, 0.2) is 6.58 Å². The molecule has 0 saturated heterocycles. The Hall–Kier alpha value is -0.530. The number of alkyl halides is 8. The first-order valence-electron chi connectivity index (χ1n) is 3.88. The van der Waals surface area contributed by atoms with E-state index < -0.39 is 12.6 Å². The zero-order valence-electron chi connectivity index (χ0n) is 11.2. The molecule has 0 fully saturated rings. The molecule has 13 heteroatoms. The van der Waals surface area contributed by atoms with Gasteiger partial charge in [-0.3, -0.25) is 0 Å². The van der Waals surface area contributed by atoms with Crippen LogP contribution in [0.1, 0.15) is 6.92 Å². The fourth-order valence-corrected chi connectivity index (χ4v) is 0. The Bertz CT molecular complexity index is 153. The van der Waals surface area contributed by atoms with Crippen LogP contribution in [0.5, 0.6) is 0 Å². The summed E-state index contributed by atoms with van der Waals surface area (Å²) in [6.07, 6.45) is -9.50. The summed E-state index contributed by atoms with van der Waals surface area (Å²) in [4.78, 5) is 16.0. The Morgan fingerprint density at radius 1 is 0.905 bits per heavy atom. The van der Waals surface area contributed by atoms with E-state index >= 15 is 0 Å². The fraction of sp³-hybridized carbons (Fsp3) is 0.750. The Balaban J connectivity index is -0.0000000332. The van der Waals surface area contributed by atoms with Gasteiger partial charge in [0.2, 0.25) is 0 Å². The van der Waals surface area contributed by atoms with Crippen LogP contribution in [0.4, 0.5) is 39.8 Å². The van der Waals surface area contributed by atoms with Crippen molar-refractivity contribution >= 4 is 28.5 Å². The van der Waals surface area contributed by atoms with Crippen molar-refractivity contribution in [3.8, 4) is 0 Å². The van der Waals surface area contributed by atoms with Crippen molar-refractivity contribution in [2.24, 2.45) is 0 Å². The second-order valence-corrected chi connectivity index (χ2v) is 1.66. The SMILES string of the molecule is C=C=O.CC(F)(F)F.CI.COF.COF.FC(F)(F)F. The average Bonchev–Trinajstić information content (AvgIpc) is 2.18. The van der Waals surface area contributed by atoms with Crippen molar-refractivity contribution in [3.05, 3.63) is 6.58 Å². The quantitative estimate of drug-likeness (QED) is 0.220. The summed E-state index contributed by atoms with van der Waals surface area (Å²) in [7, 11) is 1.92. The van der Waals surface area contributed by atoms with Crippen molar-refractivity contribution in [3.63, 3.8) is 0 Å². The normalized spacial score (nSPS) is 8.10. The minimum absolute atomic E-state index is 0.188. The number of rotatable bonds is 0. The highest BCUT2D eigenvalue weighted by molar-refractivity contribution is 14.1. The van der Waals surface area contributed by atoms with Gasteiger partial charge in [0.1, 0.15) is 5.94 Å². The fourth-order valence-electron chi connectivity index (χ4n) is 0. The molecule has 134 valence electrons. The molecule has 0 aliphatic heterocycles. The molecule has 0 aromatic rings. The van der Waals surface area contributed by atoms with Crippen molar-refractivity contribution in [1.29, 1.82) is 0 Å². The van der Waals surface area contributed by atoms with Gasteiger partial charge < -0.3 is 0 Å². The zero-order valence-corrected chi connectivity index (χ0v) is 13.4. The lowest BCUT2D eigenvalue weighted by Gasteiger charge is -1.88. The molecule has 0 aliphatic rings. The third-order valence-corrected chi connectivity index (χ3v) is 0. The van der Waals surface area contributed by atoms with Gasteiger partial charge in [0, 0.05) is 6.92 Å². The predicted octanol–water partition coefficient (Wildman–Crippen LogP) is 5.13. The molecular weight excluding hydrogens is 442 g/mol. The van der Waals surface area contributed by atoms with Gasteiger partial charge in [-0.25, -0.2) is 4.79 Å². The molecule has 0 N–H and O–H groups in total. The summed E-state index contributed by atoms with van der Waals surface area (Å²) < 4.78 is 89.4. The Morgan fingerprint density at radius 3 is 0.905 bits per heavy atom. The summed E-state index contributed by atoms with van der Waals surface area (Å²) >= 11 is 2.15. The third kappa shape index (κ3) is 21200. The van der Waals surface area contributed by atoms with Gasteiger partial charge in [-0.1, -0.05) is 22.6 Å². The van der Waals surface area contributed by atoms with E-state index in [9.17, 15) is 39.8 Å². The van der Waals surface area contributed by atoms with Crippen LogP contribution in [0.25, 0.3) is 0 Å². The van der Waals surface area contributed by atoms with E-state index in [-0.39, 0.29) is 6.92 Å². The van der Waals surface area contributed by atoms with E-state index in [1.54, 1.807) is 0 Å². The van der Waals surface area contributed by atoms with Crippen LogP contribution in [-0.4, -0.2) is 37.7 Å². The lowest BCUT2D eigenvalue weighted by atomic mass is 10.8. The highest BCUT2D eigenvalue weighted by atomic mass is 127. The lowest BCUT2D eigenvalue weighted by Crippen LogP contribution is -1.95. The molecular formula is C8H14F9IO3. The molecule has 0 atom stereocenters. The first-order valence-corrected chi connectivity index (χ1v) is 6.04. The van der Waals surface area contributed by atoms with E-state index in [0.717, 1.165) is 14.2 Å². The van der Waals surface area contributed by atoms with Crippen LogP contribution in [0.2, 0.25) is 0 Å². The number of carbonyl (C=O) groups excluding carboxylic acids is 1. The van der Waals surface area contributed by atoms with Crippen LogP contribution in [0, 0.1) is 0 Å². The Labute approximate surface area is 129 Å². The first kappa shape index (κ1) is 37.1. The average molecular weight is 456 g/mol. The topological polar surface area (TPSA) is 35.5 Å². The molecule has 0 aliphatic carbocycles. The van der Waals surface area contributed by atoms with Crippen molar-refractivity contribution in [2.45, 2.75) is 19.5 Å². The maximum absolute atomic E-state index is 10.4. The van der Waals surface area contributed by atoms with E-state index in [2.05, 4.69) is 39.1 Å². The van der Waals surface area contributed by atoms with Gasteiger partial charge in [-0.05, 0) is 20.6 Å². The lowest BCUT2D eigenvalue weighted by molar-refractivity contribution is -0.237. The van der Waals surface area contributed by atoms with Crippen LogP contribution in [0.3, 0.4) is 0 Å². The monoisotopic (exact) mass is 456 g/mol. The van der Waals surface area contributed by atoms with Gasteiger partial charge in [-0.15, -0.1) is 17.6 Å². The summed E-state index contributed by atoms with van der Waals surface area (Å²) in [5, 5.41) is 0. The molecule has 3 nitrogen and oxygen atoms in total. The molecule has 0 radical (unpaired) electrons. The minimum Gasteiger partial charge on any atom is -0.234 e. The van der Waals surface area contributed by atoms with E-state index in [1.165, 1.54) is 5.94 Å². The van der Waals surface area contributed by atoms with Gasteiger partial charge in [-0.2, -0.15) is 23.1 Å². The predicted molar refractivity (Wildman–Crippen MR) is 66.4 cm³/mol. The molecule has 0 rings (SSSR count). The van der Waals surface area contributed by atoms with Crippen LogP contribution >= 0.6 is 22.6 Å². The molecule has 0 spiro atoms. The molecule has 0 aromatic carbocycles. The third-order valence-electron chi connectivity index (χ3n) is 0. The largest absolute Gasteiger partial charge is 0.559 e. The molecule has 21 heavy (non-hydrogen) atoms. The van der Waals surface area contributed by atoms with Gasteiger partial charge in [0.25, 0.3) is 0 Å². The zero-order chi connectivity index (χ0) is 19.1. The summed E-state index contributed by atoms with van der Waals surface area (Å²) in [5.41, 5.74) is 0. The molecule has 0 aromatic heterocycles. The Morgan fingerprint density at radius 2 is 0.905 bits per heavy atom. The van der Waals surface area contributed by atoms with E-state index in [4.69, 9.17) is 4.79 Å². The van der Waals surface area contributed by atoms with Crippen molar-refractivity contribution in [2.75, 3.05) is 19.2 Å². The second-order valence-electron chi connectivity index (χ2n) is 1.66. The summed E-state index contributed by atoms with van der Waals surface area (Å²) in [6, 6.07) is 0. The molecule has 0 saturated carbocycles. The molecule has 0 bridgehead atoms. The van der Waals surface area contributed by atoms with Crippen LogP contribution in [-0.2, 0) is 14.7 Å². The minimum atomic E-state index is -5.50. The highest BCUT2D eigenvalue weighted by Gasteiger charge is 2.24. The van der Waals surface area contributed by atoms with Gasteiger partial charge in [0.15, 0.2) is 0 Å². The molecule has 0 unspecified atom stereocenters. The molecule has 0 heterocycles. The molecule has 0 amide bonds. The van der Waals surface area contributed by atoms with Crippen molar-refractivity contribution < 1.29 is 54.5 Å². The number of hydrogen-bond acceptors (Lipinski definition) is 3. The standard InChI is InChI=1S/C2H3F3.C2H2O.CF4.2CH3FO.CH3I/c1-2(3,4)5;1-2-3;2-1(3,4)5;2*1-3-2;1-2/h1H3;1H2;;2*1H3;1H3. The van der Waals surface area contributed by atoms with E-state index in [0.29, 0.717) is 0 Å². The Kier molecular flexibility index (Phi) is 56.0. The number of hydrogen-bond donors (Lipinski definition) is 0. The highest BCUT2D eigenvalue weighted by Crippen LogP contribution is 2.13. The summed E-state index contributed by atoms with van der Waals surface area (Å²) in [6.45, 7) is 2.87. The van der Waals surface area contributed by atoms with E-state index in [1.807, 2.05) is 4.93 Å². The van der Waals surface area contributed by atoms with Gasteiger partial charge in [0.05, 0.1) is 14.2 Å². The van der Waals surface area contributed by atoms with Crippen LogP contribution < -0.4 is 0 Å². The second kappa shape index (κ2) is 31.7. The van der Waals surface area contributed by atoms with Gasteiger partial charge >= 0.3 is 12.6 Å². The van der Waals surface area contributed by atoms with Crippen molar-refractivity contribution in [1.82, 2.24) is 0 Å². The number of halogens is 10.